The fourth-order valence-corrected chi connectivity index (χ4v) is 0. The fourth-order valence-electron chi connectivity index (χ4n) is 0. The quantitative estimate of drug-likeness (QED) is 0.471. The van der Waals surface area contributed by atoms with Crippen molar-refractivity contribution in [3.8, 4) is 0 Å². The van der Waals surface area contributed by atoms with E-state index in [1.54, 1.807) is 0 Å². The minimum atomic E-state index is -1.83. The standard InChI is InChI=1S/CH2O3.Li.Y.H/c2-1(3)4;;;/h(H2,2,3,4);;;. The van der Waals surface area contributed by atoms with E-state index in [0.717, 1.165) is 0 Å². The third-order valence-corrected chi connectivity index (χ3v) is 0. The van der Waals surface area contributed by atoms with Gasteiger partial charge in [-0.25, -0.2) is 4.79 Å². The summed E-state index contributed by atoms with van der Waals surface area (Å²) >= 11 is 0. The van der Waals surface area contributed by atoms with Crippen molar-refractivity contribution in [2.24, 2.45) is 0 Å². The first-order valence-corrected chi connectivity index (χ1v) is 0.651. The van der Waals surface area contributed by atoms with Crippen LogP contribution in [0.5, 0.6) is 0 Å². The van der Waals surface area contributed by atoms with E-state index in [-0.39, 0.29) is 51.6 Å². The van der Waals surface area contributed by atoms with Crippen LogP contribution in [0, 0.1) is 0 Å². The number of hydrogen-bond acceptors (Lipinski definition) is 1. The summed E-state index contributed by atoms with van der Waals surface area (Å²) in [5, 5.41) is 13.9. The van der Waals surface area contributed by atoms with Crippen LogP contribution < -0.4 is 0 Å². The van der Waals surface area contributed by atoms with E-state index in [0.29, 0.717) is 0 Å². The first-order chi connectivity index (χ1) is 1.73. The van der Waals surface area contributed by atoms with Gasteiger partial charge in [-0.2, -0.15) is 0 Å². The normalized spacial score (nSPS) is 4.00. The monoisotopic (exact) mass is 159 g/mol. The molecule has 0 atom stereocenters. The van der Waals surface area contributed by atoms with Crippen LogP contribution in [0.15, 0.2) is 0 Å². The number of hydrogen-bond donors (Lipinski definition) is 2. The van der Waals surface area contributed by atoms with Crippen LogP contribution in [0.4, 0.5) is 4.79 Å². The van der Waals surface area contributed by atoms with Crippen molar-refractivity contribution in [3.63, 3.8) is 0 Å². The molecule has 0 aliphatic carbocycles. The van der Waals surface area contributed by atoms with Gasteiger partial charge in [0.15, 0.2) is 0 Å². The molecule has 0 fully saturated rings. The Labute approximate surface area is 72.2 Å². The van der Waals surface area contributed by atoms with E-state index in [1.165, 1.54) is 0 Å². The van der Waals surface area contributed by atoms with Crippen molar-refractivity contribution < 1.29 is 47.7 Å². The molecule has 0 rings (SSSR count). The molecule has 3 nitrogen and oxygen atoms in total. The number of carbonyl (C=O) groups is 1. The second kappa shape index (κ2) is 9.36. The molecule has 0 heterocycles. The maximum atomic E-state index is 8.56. The molecule has 0 bridgehead atoms. The largest absolute Gasteiger partial charge is 0 e. The molecule has 0 saturated heterocycles. The maximum Gasteiger partial charge on any atom is 0 e. The SMILES string of the molecule is O=C(O)O.[LiH].[Y]. The summed E-state index contributed by atoms with van der Waals surface area (Å²) in [6.45, 7) is 0. The van der Waals surface area contributed by atoms with Crippen molar-refractivity contribution in [3.05, 3.63) is 0 Å². The van der Waals surface area contributed by atoms with Gasteiger partial charge in [0.2, 0.25) is 0 Å². The molecule has 0 saturated carbocycles. The van der Waals surface area contributed by atoms with Crippen LogP contribution in [-0.4, -0.2) is 35.2 Å². The Morgan fingerprint density at radius 1 is 1.33 bits per heavy atom. The first kappa shape index (κ1) is 15.8. The summed E-state index contributed by atoms with van der Waals surface area (Å²) in [5.41, 5.74) is 0. The van der Waals surface area contributed by atoms with E-state index < -0.39 is 6.16 Å². The minimum Gasteiger partial charge on any atom is 0 e. The van der Waals surface area contributed by atoms with Crippen LogP contribution in [0.3, 0.4) is 0 Å². The van der Waals surface area contributed by atoms with Gasteiger partial charge in [0, 0.05) is 32.7 Å². The van der Waals surface area contributed by atoms with Gasteiger partial charge in [-0.3, -0.25) is 0 Å². The summed E-state index contributed by atoms with van der Waals surface area (Å²) < 4.78 is 0. The number of rotatable bonds is 0. The van der Waals surface area contributed by atoms with Crippen molar-refractivity contribution in [1.82, 2.24) is 0 Å². The van der Waals surface area contributed by atoms with Crippen molar-refractivity contribution in [1.29, 1.82) is 0 Å². The Morgan fingerprint density at radius 3 is 1.33 bits per heavy atom. The predicted molar refractivity (Wildman–Crippen MR) is 17.8 cm³/mol. The predicted octanol–water partition coefficient (Wildman–Crippen LogP) is -0.429. The summed E-state index contributed by atoms with van der Waals surface area (Å²) in [7, 11) is 0. The van der Waals surface area contributed by atoms with Crippen molar-refractivity contribution in [2.45, 2.75) is 0 Å². The molecule has 0 aliphatic rings. The average molecular weight is 159 g/mol. The molecule has 0 aliphatic heterocycles. The van der Waals surface area contributed by atoms with Gasteiger partial charge in [-0.15, -0.1) is 0 Å². The van der Waals surface area contributed by atoms with Crippen LogP contribution in [0.1, 0.15) is 0 Å². The van der Waals surface area contributed by atoms with E-state index in [9.17, 15) is 0 Å². The molecular formula is CH3LiO3Y. The third-order valence-electron chi connectivity index (χ3n) is 0. The van der Waals surface area contributed by atoms with Crippen LogP contribution in [0.25, 0.3) is 0 Å². The van der Waals surface area contributed by atoms with Gasteiger partial charge in [-0.05, 0) is 0 Å². The fraction of sp³-hybridized carbons (Fsp3) is 0. The second-order valence-corrected chi connectivity index (χ2v) is 0.283. The van der Waals surface area contributed by atoms with Crippen LogP contribution in [-0.2, 0) is 32.7 Å². The summed E-state index contributed by atoms with van der Waals surface area (Å²) in [6, 6.07) is 0. The van der Waals surface area contributed by atoms with E-state index in [2.05, 4.69) is 0 Å². The minimum absolute atomic E-state index is 0. The molecule has 29 valence electrons. The molecule has 0 aromatic heterocycles. The van der Waals surface area contributed by atoms with E-state index in [1.807, 2.05) is 0 Å². The Morgan fingerprint density at radius 2 is 1.33 bits per heavy atom. The second-order valence-electron chi connectivity index (χ2n) is 0.283. The molecule has 2 N–H and O–H groups in total. The molecular weight excluding hydrogens is 156 g/mol. The molecule has 0 spiro atoms. The molecule has 5 heteroatoms. The average Bonchev–Trinajstić information content (AvgIpc) is 0.811. The van der Waals surface area contributed by atoms with Crippen molar-refractivity contribution in [2.75, 3.05) is 0 Å². The molecule has 0 aromatic carbocycles. The molecule has 6 heavy (non-hydrogen) atoms. The van der Waals surface area contributed by atoms with E-state index >= 15 is 0 Å². The Kier molecular flexibility index (Phi) is 24.6. The van der Waals surface area contributed by atoms with Gasteiger partial charge in [0.25, 0.3) is 0 Å². The molecule has 1 radical (unpaired) electrons. The smallest absolute Gasteiger partial charge is 0 e. The van der Waals surface area contributed by atoms with Gasteiger partial charge in [0.05, 0.1) is 0 Å². The zero-order chi connectivity index (χ0) is 3.58. The van der Waals surface area contributed by atoms with Gasteiger partial charge < -0.3 is 10.2 Å². The summed E-state index contributed by atoms with van der Waals surface area (Å²) in [6.07, 6.45) is -1.83. The van der Waals surface area contributed by atoms with Crippen LogP contribution in [0.2, 0.25) is 0 Å². The third kappa shape index (κ3) is 83.1. The Hall–Kier alpha value is 0.971. The Balaban J connectivity index is -0.0000000450. The van der Waals surface area contributed by atoms with Crippen LogP contribution >= 0.6 is 0 Å². The topological polar surface area (TPSA) is 57.5 Å². The zero-order valence-corrected chi connectivity index (χ0v) is 5.22. The molecule has 0 amide bonds. The van der Waals surface area contributed by atoms with Gasteiger partial charge in [-0.1, -0.05) is 0 Å². The summed E-state index contributed by atoms with van der Waals surface area (Å²) in [4.78, 5) is 8.56. The van der Waals surface area contributed by atoms with Gasteiger partial charge in [0.1, 0.15) is 0 Å². The van der Waals surface area contributed by atoms with Gasteiger partial charge >= 0.3 is 25.0 Å². The Bertz CT molecular complexity index is 33.8. The molecule has 0 aromatic rings. The maximum absolute atomic E-state index is 8.56. The number of carboxylic acid groups (broad SMARTS) is 2. The summed E-state index contributed by atoms with van der Waals surface area (Å²) in [5.74, 6) is 0. The zero-order valence-electron chi connectivity index (χ0n) is 2.38. The van der Waals surface area contributed by atoms with Crippen molar-refractivity contribution >= 4 is 25.0 Å². The first-order valence-electron chi connectivity index (χ1n) is 0.651. The van der Waals surface area contributed by atoms with E-state index in [4.69, 9.17) is 15.0 Å². The molecule has 0 unspecified atom stereocenters.